The van der Waals surface area contributed by atoms with Crippen molar-refractivity contribution in [1.29, 1.82) is 0 Å². The highest BCUT2D eigenvalue weighted by atomic mass is 16.3. The molecule has 0 fully saturated rings. The maximum absolute atomic E-state index is 5.45. The van der Waals surface area contributed by atoms with Crippen LogP contribution < -0.4 is 5.32 Å². The van der Waals surface area contributed by atoms with Gasteiger partial charge in [-0.05, 0) is 19.2 Å². The number of rotatable bonds is 7. The van der Waals surface area contributed by atoms with Crippen LogP contribution in [0.4, 0.5) is 0 Å². The second kappa shape index (κ2) is 7.10. The fourth-order valence-electron chi connectivity index (χ4n) is 1.55. The SMILES string of the molecule is C#CCN(CC)Cc1ccoc1CNCC. The summed E-state index contributed by atoms with van der Waals surface area (Å²) in [6.07, 6.45) is 7.07. The van der Waals surface area contributed by atoms with E-state index >= 15 is 0 Å². The van der Waals surface area contributed by atoms with Crippen LogP contribution in [0, 0.1) is 12.3 Å². The van der Waals surface area contributed by atoms with Crippen LogP contribution >= 0.6 is 0 Å². The lowest BCUT2D eigenvalue weighted by atomic mass is 10.2. The first-order valence-electron chi connectivity index (χ1n) is 5.73. The molecule has 0 unspecified atom stereocenters. The maximum atomic E-state index is 5.45. The van der Waals surface area contributed by atoms with Crippen molar-refractivity contribution in [2.24, 2.45) is 0 Å². The third kappa shape index (κ3) is 3.73. The molecule has 0 saturated heterocycles. The Kier molecular flexibility index (Phi) is 5.69. The van der Waals surface area contributed by atoms with Crippen LogP contribution in [0.1, 0.15) is 25.2 Å². The lowest BCUT2D eigenvalue weighted by Crippen LogP contribution is -2.24. The van der Waals surface area contributed by atoms with Gasteiger partial charge in [0.1, 0.15) is 5.76 Å². The molecular formula is C13H20N2O. The van der Waals surface area contributed by atoms with Gasteiger partial charge in [0, 0.05) is 12.1 Å². The van der Waals surface area contributed by atoms with Crippen molar-refractivity contribution in [3.05, 3.63) is 23.7 Å². The number of nitrogens with zero attached hydrogens (tertiary/aromatic N) is 1. The van der Waals surface area contributed by atoms with E-state index in [1.54, 1.807) is 6.26 Å². The molecule has 1 aromatic heterocycles. The lowest BCUT2D eigenvalue weighted by molar-refractivity contribution is 0.312. The number of terminal acetylenes is 1. The van der Waals surface area contributed by atoms with Gasteiger partial charge in [0.25, 0.3) is 0 Å². The Morgan fingerprint density at radius 2 is 2.31 bits per heavy atom. The summed E-state index contributed by atoms with van der Waals surface area (Å²) in [6, 6.07) is 2.02. The summed E-state index contributed by atoms with van der Waals surface area (Å²) in [5.41, 5.74) is 1.22. The molecular weight excluding hydrogens is 200 g/mol. The van der Waals surface area contributed by atoms with Crippen LogP contribution in [0.15, 0.2) is 16.7 Å². The molecule has 3 nitrogen and oxygen atoms in total. The van der Waals surface area contributed by atoms with Gasteiger partial charge in [-0.3, -0.25) is 4.90 Å². The highest BCUT2D eigenvalue weighted by molar-refractivity contribution is 5.17. The molecule has 0 aliphatic carbocycles. The molecule has 1 N–H and O–H groups in total. The Morgan fingerprint density at radius 3 is 2.94 bits per heavy atom. The van der Waals surface area contributed by atoms with Crippen LogP contribution in [0.25, 0.3) is 0 Å². The van der Waals surface area contributed by atoms with Crippen molar-refractivity contribution in [3.63, 3.8) is 0 Å². The molecule has 88 valence electrons. The Balaban J connectivity index is 2.58. The Morgan fingerprint density at radius 1 is 1.50 bits per heavy atom. The first-order chi connectivity index (χ1) is 7.81. The average molecular weight is 220 g/mol. The smallest absolute Gasteiger partial charge is 0.122 e. The van der Waals surface area contributed by atoms with E-state index in [1.807, 2.05) is 6.07 Å². The van der Waals surface area contributed by atoms with E-state index in [4.69, 9.17) is 10.8 Å². The van der Waals surface area contributed by atoms with Crippen molar-refractivity contribution >= 4 is 0 Å². The predicted molar refractivity (Wildman–Crippen MR) is 65.9 cm³/mol. The van der Waals surface area contributed by atoms with E-state index in [1.165, 1.54) is 5.56 Å². The minimum Gasteiger partial charge on any atom is -0.468 e. The van der Waals surface area contributed by atoms with E-state index in [9.17, 15) is 0 Å². The highest BCUT2D eigenvalue weighted by Gasteiger charge is 2.09. The molecule has 0 spiro atoms. The fraction of sp³-hybridized carbons (Fsp3) is 0.538. The zero-order valence-corrected chi connectivity index (χ0v) is 10.1. The molecule has 3 heteroatoms. The number of nitrogens with one attached hydrogen (secondary N) is 1. The third-order valence-electron chi connectivity index (χ3n) is 2.53. The predicted octanol–water partition coefficient (Wildman–Crippen LogP) is 1.84. The van der Waals surface area contributed by atoms with Crippen molar-refractivity contribution in [3.8, 4) is 12.3 Å². The van der Waals surface area contributed by atoms with E-state index in [2.05, 4.69) is 30.0 Å². The van der Waals surface area contributed by atoms with Gasteiger partial charge < -0.3 is 9.73 Å². The summed E-state index contributed by atoms with van der Waals surface area (Å²) in [6.45, 7) is 8.42. The van der Waals surface area contributed by atoms with Crippen molar-refractivity contribution in [2.75, 3.05) is 19.6 Å². The summed E-state index contributed by atoms with van der Waals surface area (Å²) >= 11 is 0. The fourth-order valence-corrected chi connectivity index (χ4v) is 1.55. The molecule has 0 aromatic carbocycles. The monoisotopic (exact) mass is 220 g/mol. The van der Waals surface area contributed by atoms with Gasteiger partial charge in [-0.25, -0.2) is 0 Å². The lowest BCUT2D eigenvalue weighted by Gasteiger charge is -2.17. The maximum Gasteiger partial charge on any atom is 0.122 e. The van der Waals surface area contributed by atoms with Gasteiger partial charge in [0.05, 0.1) is 19.4 Å². The summed E-state index contributed by atoms with van der Waals surface area (Å²) in [7, 11) is 0. The van der Waals surface area contributed by atoms with E-state index in [-0.39, 0.29) is 0 Å². The summed E-state index contributed by atoms with van der Waals surface area (Å²) in [5, 5.41) is 3.26. The quantitative estimate of drug-likeness (QED) is 0.711. The van der Waals surface area contributed by atoms with E-state index in [0.29, 0.717) is 6.54 Å². The van der Waals surface area contributed by atoms with Crippen LogP contribution in [0.5, 0.6) is 0 Å². The van der Waals surface area contributed by atoms with Crippen molar-refractivity contribution in [2.45, 2.75) is 26.9 Å². The van der Waals surface area contributed by atoms with Gasteiger partial charge in [0.15, 0.2) is 0 Å². The molecule has 0 saturated carbocycles. The molecule has 0 amide bonds. The largest absolute Gasteiger partial charge is 0.468 e. The minimum absolute atomic E-state index is 0.683. The second-order valence-electron chi connectivity index (χ2n) is 3.66. The summed E-state index contributed by atoms with van der Waals surface area (Å²) < 4.78 is 5.45. The topological polar surface area (TPSA) is 28.4 Å². The molecule has 1 heterocycles. The zero-order valence-electron chi connectivity index (χ0n) is 10.1. The van der Waals surface area contributed by atoms with Crippen LogP contribution in [0.3, 0.4) is 0 Å². The van der Waals surface area contributed by atoms with E-state index < -0.39 is 0 Å². The number of furan rings is 1. The number of hydrogen-bond acceptors (Lipinski definition) is 3. The molecule has 0 aliphatic rings. The molecule has 1 rings (SSSR count). The van der Waals surface area contributed by atoms with Crippen LogP contribution in [0.2, 0.25) is 0 Å². The second-order valence-corrected chi connectivity index (χ2v) is 3.66. The Bertz CT molecular complexity index is 338. The van der Waals surface area contributed by atoms with Gasteiger partial charge in [0.2, 0.25) is 0 Å². The highest BCUT2D eigenvalue weighted by Crippen LogP contribution is 2.12. The van der Waals surface area contributed by atoms with Crippen LogP contribution in [-0.2, 0) is 13.1 Å². The summed E-state index contributed by atoms with van der Waals surface area (Å²) in [5.74, 6) is 3.68. The molecule has 0 radical (unpaired) electrons. The van der Waals surface area contributed by atoms with Gasteiger partial charge in [-0.1, -0.05) is 19.8 Å². The van der Waals surface area contributed by atoms with Crippen LogP contribution in [-0.4, -0.2) is 24.5 Å². The zero-order chi connectivity index (χ0) is 11.8. The van der Waals surface area contributed by atoms with Gasteiger partial charge >= 0.3 is 0 Å². The molecule has 0 atom stereocenters. The third-order valence-corrected chi connectivity index (χ3v) is 2.53. The van der Waals surface area contributed by atoms with Crippen molar-refractivity contribution in [1.82, 2.24) is 10.2 Å². The Hall–Kier alpha value is -1.24. The Labute approximate surface area is 97.8 Å². The standard InChI is InChI=1S/C13H20N2O/c1-4-8-15(6-3)11-12-7-9-16-13(12)10-14-5-2/h1,7,9,14H,5-6,8,10-11H2,2-3H3. The van der Waals surface area contributed by atoms with Crippen molar-refractivity contribution < 1.29 is 4.42 Å². The molecule has 0 bridgehead atoms. The molecule has 16 heavy (non-hydrogen) atoms. The van der Waals surface area contributed by atoms with E-state index in [0.717, 1.165) is 31.9 Å². The minimum atomic E-state index is 0.683. The number of hydrogen-bond donors (Lipinski definition) is 1. The summed E-state index contributed by atoms with van der Waals surface area (Å²) in [4.78, 5) is 2.21. The van der Waals surface area contributed by atoms with Gasteiger partial charge in [-0.15, -0.1) is 6.42 Å². The molecule has 1 aromatic rings. The average Bonchev–Trinajstić information content (AvgIpc) is 2.73. The normalized spacial score (nSPS) is 10.6. The molecule has 0 aliphatic heterocycles. The first-order valence-corrected chi connectivity index (χ1v) is 5.73. The first kappa shape index (κ1) is 12.8. The van der Waals surface area contributed by atoms with Gasteiger partial charge in [-0.2, -0.15) is 0 Å².